The van der Waals surface area contributed by atoms with Gasteiger partial charge in [-0.25, -0.2) is 9.59 Å². The van der Waals surface area contributed by atoms with Crippen LogP contribution in [0, 0.1) is 5.92 Å². The molecule has 0 spiro atoms. The molecule has 0 amide bonds. The number of hydrogen-bond donors (Lipinski definition) is 2. The molecule has 1 aromatic rings. The lowest BCUT2D eigenvalue weighted by atomic mass is 9.71. The van der Waals surface area contributed by atoms with Crippen LogP contribution in [0.5, 0.6) is 0 Å². The molecule has 104 valence electrons. The van der Waals surface area contributed by atoms with E-state index in [9.17, 15) is 14.7 Å². The van der Waals surface area contributed by atoms with E-state index in [0.717, 1.165) is 0 Å². The summed E-state index contributed by atoms with van der Waals surface area (Å²) in [6.07, 6.45) is 0. The average molecular weight is 266 g/mol. The fourth-order valence-electron chi connectivity index (χ4n) is 1.93. The molecule has 5 nitrogen and oxygen atoms in total. The van der Waals surface area contributed by atoms with Gasteiger partial charge in [0.25, 0.3) is 0 Å². The van der Waals surface area contributed by atoms with Crippen molar-refractivity contribution >= 4 is 11.9 Å². The maximum Gasteiger partial charge on any atom is 0.373 e. The number of rotatable bonds is 4. The quantitative estimate of drug-likeness (QED) is 0.646. The van der Waals surface area contributed by atoms with Crippen LogP contribution in [0.15, 0.2) is 18.2 Å². The minimum absolute atomic E-state index is 0.0431. The zero-order valence-corrected chi connectivity index (χ0v) is 11.4. The van der Waals surface area contributed by atoms with Crippen LogP contribution >= 0.6 is 0 Å². The summed E-state index contributed by atoms with van der Waals surface area (Å²) >= 11 is 0. The molecular formula is C14H18O5. The van der Waals surface area contributed by atoms with Crippen LogP contribution in [0.3, 0.4) is 0 Å². The highest BCUT2D eigenvalue weighted by Crippen LogP contribution is 2.36. The molecule has 0 bridgehead atoms. The molecule has 0 aliphatic rings. The van der Waals surface area contributed by atoms with Crippen molar-refractivity contribution in [3.05, 3.63) is 34.9 Å². The zero-order chi connectivity index (χ0) is 14.8. The van der Waals surface area contributed by atoms with Crippen molar-refractivity contribution in [2.45, 2.75) is 33.1 Å². The molecule has 0 fully saturated rings. The summed E-state index contributed by atoms with van der Waals surface area (Å²) < 4.78 is 0. The van der Waals surface area contributed by atoms with E-state index >= 15 is 0 Å². The van der Waals surface area contributed by atoms with Crippen molar-refractivity contribution in [1.29, 1.82) is 0 Å². The van der Waals surface area contributed by atoms with E-state index in [4.69, 9.17) is 5.26 Å². The van der Waals surface area contributed by atoms with Crippen LogP contribution in [0.1, 0.15) is 54.0 Å². The second-order valence-electron chi connectivity index (χ2n) is 5.29. The SMILES string of the molecule is CC(C)C(C)(C)c1c(C(=O)O)cccc1C(=O)OO. The number of carboxylic acids is 1. The highest BCUT2D eigenvalue weighted by molar-refractivity contribution is 5.97. The summed E-state index contributed by atoms with van der Waals surface area (Å²) in [4.78, 5) is 26.7. The lowest BCUT2D eigenvalue weighted by Gasteiger charge is -2.32. The summed E-state index contributed by atoms with van der Waals surface area (Å²) in [6.45, 7) is 7.58. The van der Waals surface area contributed by atoms with Gasteiger partial charge in [0.1, 0.15) is 0 Å². The Morgan fingerprint density at radius 3 is 2.16 bits per heavy atom. The Bertz CT molecular complexity index is 503. The molecule has 0 aliphatic carbocycles. The van der Waals surface area contributed by atoms with Crippen molar-refractivity contribution < 1.29 is 24.8 Å². The topological polar surface area (TPSA) is 83.8 Å². The van der Waals surface area contributed by atoms with Crippen molar-refractivity contribution in [3.8, 4) is 0 Å². The van der Waals surface area contributed by atoms with E-state index < -0.39 is 17.4 Å². The molecule has 1 aromatic carbocycles. The third-order valence-corrected chi connectivity index (χ3v) is 3.69. The molecular weight excluding hydrogens is 248 g/mol. The van der Waals surface area contributed by atoms with Crippen LogP contribution in [0.4, 0.5) is 0 Å². The minimum Gasteiger partial charge on any atom is -0.478 e. The van der Waals surface area contributed by atoms with Gasteiger partial charge in [-0.1, -0.05) is 33.8 Å². The minimum atomic E-state index is -1.11. The van der Waals surface area contributed by atoms with Gasteiger partial charge in [0.15, 0.2) is 0 Å². The molecule has 19 heavy (non-hydrogen) atoms. The van der Waals surface area contributed by atoms with Gasteiger partial charge in [0.05, 0.1) is 11.1 Å². The van der Waals surface area contributed by atoms with E-state index in [1.807, 2.05) is 27.7 Å². The molecule has 0 saturated carbocycles. The zero-order valence-electron chi connectivity index (χ0n) is 11.4. The van der Waals surface area contributed by atoms with Gasteiger partial charge in [0.2, 0.25) is 0 Å². The smallest absolute Gasteiger partial charge is 0.373 e. The highest BCUT2D eigenvalue weighted by Gasteiger charge is 2.34. The van der Waals surface area contributed by atoms with Crippen LogP contribution in [-0.2, 0) is 10.3 Å². The predicted octanol–water partition coefficient (Wildman–Crippen LogP) is 2.95. The summed E-state index contributed by atoms with van der Waals surface area (Å²) in [6, 6.07) is 4.34. The first kappa shape index (κ1) is 15.2. The Labute approximate surface area is 111 Å². The van der Waals surface area contributed by atoms with Gasteiger partial charge in [-0.05, 0) is 29.0 Å². The number of carbonyl (C=O) groups is 2. The standard InChI is InChI=1S/C14H18O5/c1-8(2)14(3,4)11-9(12(15)16)6-5-7-10(11)13(17)19-18/h5-8,18H,1-4H3,(H,15,16). The maximum absolute atomic E-state index is 11.6. The number of carboxylic acid groups (broad SMARTS) is 1. The fraction of sp³-hybridized carbons (Fsp3) is 0.429. The lowest BCUT2D eigenvalue weighted by molar-refractivity contribution is -0.183. The molecule has 0 atom stereocenters. The summed E-state index contributed by atoms with van der Waals surface area (Å²) in [5.74, 6) is -1.97. The van der Waals surface area contributed by atoms with Crippen molar-refractivity contribution in [1.82, 2.24) is 0 Å². The van der Waals surface area contributed by atoms with E-state index in [1.54, 1.807) is 0 Å². The van der Waals surface area contributed by atoms with E-state index in [-0.39, 0.29) is 17.0 Å². The second kappa shape index (κ2) is 5.40. The van der Waals surface area contributed by atoms with Gasteiger partial charge in [-0.2, -0.15) is 5.26 Å². The molecule has 0 radical (unpaired) electrons. The van der Waals surface area contributed by atoms with Crippen LogP contribution in [0.2, 0.25) is 0 Å². The molecule has 2 N–H and O–H groups in total. The largest absolute Gasteiger partial charge is 0.478 e. The van der Waals surface area contributed by atoms with Gasteiger partial charge < -0.3 is 5.11 Å². The first-order valence-electron chi connectivity index (χ1n) is 5.96. The molecule has 0 saturated heterocycles. The third-order valence-electron chi connectivity index (χ3n) is 3.69. The molecule has 1 rings (SSSR count). The van der Waals surface area contributed by atoms with Crippen molar-refractivity contribution in [2.75, 3.05) is 0 Å². The first-order chi connectivity index (χ1) is 8.73. The number of benzene rings is 1. The second-order valence-corrected chi connectivity index (χ2v) is 5.29. The summed E-state index contributed by atoms with van der Waals surface area (Å²) in [5, 5.41) is 17.8. The number of aromatic carboxylic acids is 1. The molecule has 0 aromatic heterocycles. The van der Waals surface area contributed by atoms with Crippen LogP contribution in [0.25, 0.3) is 0 Å². The summed E-state index contributed by atoms with van der Waals surface area (Å²) in [5.41, 5.74) is -0.0716. The Kier molecular flexibility index (Phi) is 4.32. The molecule has 0 heterocycles. The number of carbonyl (C=O) groups excluding carboxylic acids is 1. The van der Waals surface area contributed by atoms with Crippen molar-refractivity contribution in [2.24, 2.45) is 5.92 Å². The highest BCUT2D eigenvalue weighted by atomic mass is 17.1. The van der Waals surface area contributed by atoms with Gasteiger partial charge in [-0.3, -0.25) is 4.89 Å². The third kappa shape index (κ3) is 2.76. The average Bonchev–Trinajstić information content (AvgIpc) is 2.36. The van der Waals surface area contributed by atoms with Gasteiger partial charge >= 0.3 is 11.9 Å². The van der Waals surface area contributed by atoms with Gasteiger partial charge in [-0.15, -0.1) is 0 Å². The Hall–Kier alpha value is -1.88. The van der Waals surface area contributed by atoms with Crippen molar-refractivity contribution in [3.63, 3.8) is 0 Å². The Balaban J connectivity index is 3.64. The van der Waals surface area contributed by atoms with Gasteiger partial charge in [0, 0.05) is 0 Å². The normalized spacial score (nSPS) is 11.5. The van der Waals surface area contributed by atoms with Crippen LogP contribution < -0.4 is 0 Å². The Morgan fingerprint density at radius 2 is 1.74 bits per heavy atom. The number of hydrogen-bond acceptors (Lipinski definition) is 4. The molecule has 0 unspecified atom stereocenters. The monoisotopic (exact) mass is 266 g/mol. The van der Waals surface area contributed by atoms with Crippen LogP contribution in [-0.4, -0.2) is 22.3 Å². The molecule has 0 aliphatic heterocycles. The molecule has 5 heteroatoms. The Morgan fingerprint density at radius 1 is 1.21 bits per heavy atom. The van der Waals surface area contributed by atoms with E-state index in [2.05, 4.69) is 4.89 Å². The predicted molar refractivity (Wildman–Crippen MR) is 69.3 cm³/mol. The lowest BCUT2D eigenvalue weighted by Crippen LogP contribution is -2.30. The maximum atomic E-state index is 11.6. The fourth-order valence-corrected chi connectivity index (χ4v) is 1.93. The van der Waals surface area contributed by atoms with E-state index in [1.165, 1.54) is 18.2 Å². The first-order valence-corrected chi connectivity index (χ1v) is 5.96. The summed E-state index contributed by atoms with van der Waals surface area (Å²) in [7, 11) is 0. The van der Waals surface area contributed by atoms with E-state index in [0.29, 0.717) is 5.56 Å².